The molecule has 9 nitrogen and oxygen atoms in total. The van der Waals surface area contributed by atoms with Gasteiger partial charge >= 0.3 is 0 Å². The summed E-state index contributed by atoms with van der Waals surface area (Å²) < 4.78 is 21.2. The van der Waals surface area contributed by atoms with Crippen molar-refractivity contribution in [1.82, 2.24) is 10.2 Å². The molecule has 1 aromatic carbocycles. The Morgan fingerprint density at radius 2 is 1.80 bits per heavy atom. The zero-order valence-corrected chi connectivity index (χ0v) is 17.3. The highest BCUT2D eigenvalue weighted by molar-refractivity contribution is 5.89. The molecule has 0 aliphatic carbocycles. The van der Waals surface area contributed by atoms with E-state index in [2.05, 4.69) is 5.32 Å². The van der Waals surface area contributed by atoms with Gasteiger partial charge in [0.2, 0.25) is 17.1 Å². The number of likely N-dealkylation sites (N-methyl/N-ethyl adjacent to an activating group) is 1. The average molecular weight is 416 g/mol. The van der Waals surface area contributed by atoms with Crippen molar-refractivity contribution in [1.29, 1.82) is 0 Å². The molecule has 0 radical (unpaired) electrons. The number of methoxy groups -OCH3 is 2. The third-order valence-electron chi connectivity index (χ3n) is 4.99. The van der Waals surface area contributed by atoms with Gasteiger partial charge in [-0.2, -0.15) is 0 Å². The summed E-state index contributed by atoms with van der Waals surface area (Å²) in [6, 6.07) is 4.18. The summed E-state index contributed by atoms with van der Waals surface area (Å²) in [4.78, 5) is 38.7. The van der Waals surface area contributed by atoms with Gasteiger partial charge in [0.05, 0.1) is 14.2 Å². The standard InChI is InChI=1S/C21H24N2O7/c1-12-5-16(24)19(10-29-12)30-11-20(25)23-9-14-8-18(28-4)17(27-3)7-13(14)6-15(23)21(26)22-2/h5,7-8,10,15H,6,9,11H2,1-4H3,(H,22,26). The lowest BCUT2D eigenvalue weighted by molar-refractivity contribution is -0.143. The molecular formula is C21H24N2O7. The fourth-order valence-corrected chi connectivity index (χ4v) is 3.40. The number of carbonyl (C=O) groups is 2. The third-order valence-corrected chi connectivity index (χ3v) is 4.99. The molecule has 1 aromatic heterocycles. The number of carbonyl (C=O) groups excluding carboxylic acids is 2. The van der Waals surface area contributed by atoms with Crippen LogP contribution in [0.25, 0.3) is 0 Å². The predicted octanol–water partition coefficient (Wildman–Crippen LogP) is 1.04. The highest BCUT2D eigenvalue weighted by Crippen LogP contribution is 2.34. The zero-order valence-electron chi connectivity index (χ0n) is 17.3. The van der Waals surface area contributed by atoms with Crippen LogP contribution >= 0.6 is 0 Å². The Balaban J connectivity index is 1.85. The van der Waals surface area contributed by atoms with Crippen LogP contribution in [0.1, 0.15) is 16.9 Å². The van der Waals surface area contributed by atoms with Gasteiger partial charge in [-0.1, -0.05) is 0 Å². The van der Waals surface area contributed by atoms with Gasteiger partial charge in [0, 0.05) is 26.1 Å². The molecule has 0 saturated carbocycles. The number of amides is 2. The van der Waals surface area contributed by atoms with Crippen molar-refractivity contribution in [2.24, 2.45) is 0 Å². The second-order valence-corrected chi connectivity index (χ2v) is 6.84. The Kier molecular flexibility index (Phi) is 6.29. The van der Waals surface area contributed by atoms with E-state index in [1.807, 2.05) is 6.07 Å². The molecule has 30 heavy (non-hydrogen) atoms. The van der Waals surface area contributed by atoms with Crippen LogP contribution in [-0.4, -0.2) is 50.6 Å². The van der Waals surface area contributed by atoms with E-state index in [1.165, 1.54) is 38.5 Å². The Morgan fingerprint density at radius 1 is 1.13 bits per heavy atom. The van der Waals surface area contributed by atoms with Gasteiger partial charge in [0.15, 0.2) is 18.1 Å². The first-order valence-electron chi connectivity index (χ1n) is 9.35. The number of benzene rings is 1. The van der Waals surface area contributed by atoms with Crippen molar-refractivity contribution in [2.45, 2.75) is 25.9 Å². The van der Waals surface area contributed by atoms with E-state index in [0.29, 0.717) is 23.7 Å². The maximum Gasteiger partial charge on any atom is 0.261 e. The normalized spacial score (nSPS) is 15.2. The number of rotatable bonds is 6. The quantitative estimate of drug-likeness (QED) is 0.750. The first kappa shape index (κ1) is 21.2. The largest absolute Gasteiger partial charge is 0.493 e. The first-order valence-corrected chi connectivity index (χ1v) is 9.35. The molecule has 0 saturated heterocycles. The van der Waals surface area contributed by atoms with Crippen molar-refractivity contribution in [3.8, 4) is 17.2 Å². The molecule has 1 atom stereocenters. The highest BCUT2D eigenvalue weighted by atomic mass is 16.5. The van der Waals surface area contributed by atoms with Gasteiger partial charge in [-0.15, -0.1) is 0 Å². The minimum absolute atomic E-state index is 0.0609. The van der Waals surface area contributed by atoms with Gasteiger partial charge in [-0.3, -0.25) is 14.4 Å². The lowest BCUT2D eigenvalue weighted by atomic mass is 9.92. The second-order valence-electron chi connectivity index (χ2n) is 6.84. The van der Waals surface area contributed by atoms with E-state index >= 15 is 0 Å². The lowest BCUT2D eigenvalue weighted by Gasteiger charge is -2.36. The maximum absolute atomic E-state index is 12.9. The van der Waals surface area contributed by atoms with Gasteiger partial charge in [0.1, 0.15) is 18.1 Å². The summed E-state index contributed by atoms with van der Waals surface area (Å²) in [5, 5.41) is 2.60. The Bertz CT molecular complexity index is 1010. The summed E-state index contributed by atoms with van der Waals surface area (Å²) in [6.07, 6.45) is 1.48. The molecule has 3 rings (SSSR count). The molecule has 2 aromatic rings. The predicted molar refractivity (Wildman–Crippen MR) is 107 cm³/mol. The number of aryl methyl sites for hydroxylation is 1. The van der Waals surface area contributed by atoms with E-state index in [-0.39, 0.29) is 23.6 Å². The van der Waals surface area contributed by atoms with E-state index in [1.54, 1.807) is 13.0 Å². The minimum Gasteiger partial charge on any atom is -0.493 e. The molecule has 9 heteroatoms. The van der Waals surface area contributed by atoms with Crippen molar-refractivity contribution in [3.63, 3.8) is 0 Å². The SMILES string of the molecule is CNC(=O)C1Cc2cc(OC)c(OC)cc2CN1C(=O)COc1coc(C)cc1=O. The Labute approximate surface area is 173 Å². The van der Waals surface area contributed by atoms with Crippen molar-refractivity contribution in [3.05, 3.63) is 51.6 Å². The number of ether oxygens (including phenoxy) is 3. The average Bonchev–Trinajstić information content (AvgIpc) is 2.75. The molecular weight excluding hydrogens is 392 g/mol. The molecule has 1 unspecified atom stereocenters. The Morgan fingerprint density at radius 3 is 2.40 bits per heavy atom. The number of nitrogens with zero attached hydrogens (tertiary/aromatic N) is 1. The molecule has 0 fully saturated rings. The topological polar surface area (TPSA) is 107 Å². The van der Waals surface area contributed by atoms with Crippen molar-refractivity contribution >= 4 is 11.8 Å². The summed E-state index contributed by atoms with van der Waals surface area (Å²) in [5.74, 6) is 0.754. The van der Waals surface area contributed by atoms with E-state index < -0.39 is 18.6 Å². The smallest absolute Gasteiger partial charge is 0.261 e. The molecule has 1 N–H and O–H groups in total. The number of hydrogen-bond donors (Lipinski definition) is 1. The van der Waals surface area contributed by atoms with Crippen LogP contribution in [0.15, 0.2) is 33.7 Å². The van der Waals surface area contributed by atoms with Crippen LogP contribution in [0, 0.1) is 6.92 Å². The third kappa shape index (κ3) is 4.24. The van der Waals surface area contributed by atoms with Gasteiger partial charge in [-0.25, -0.2) is 0 Å². The van der Waals surface area contributed by atoms with E-state index in [0.717, 1.165) is 11.1 Å². The van der Waals surface area contributed by atoms with Crippen molar-refractivity contribution < 1.29 is 28.2 Å². The summed E-state index contributed by atoms with van der Waals surface area (Å²) in [6.45, 7) is 1.43. The van der Waals surface area contributed by atoms with Crippen LogP contribution in [0.3, 0.4) is 0 Å². The van der Waals surface area contributed by atoms with Crippen LogP contribution in [0.2, 0.25) is 0 Å². The Hall–Kier alpha value is -3.49. The van der Waals surface area contributed by atoms with Crippen LogP contribution in [0.5, 0.6) is 17.2 Å². The fraction of sp³-hybridized carbons (Fsp3) is 0.381. The van der Waals surface area contributed by atoms with Crippen LogP contribution in [-0.2, 0) is 22.6 Å². The minimum atomic E-state index is -0.717. The maximum atomic E-state index is 12.9. The second kappa shape index (κ2) is 8.89. The highest BCUT2D eigenvalue weighted by Gasteiger charge is 2.35. The van der Waals surface area contributed by atoms with E-state index in [9.17, 15) is 14.4 Å². The molecule has 0 bridgehead atoms. The fourth-order valence-electron chi connectivity index (χ4n) is 3.40. The molecule has 0 spiro atoms. The molecule has 160 valence electrons. The van der Waals surface area contributed by atoms with Gasteiger partial charge < -0.3 is 28.8 Å². The van der Waals surface area contributed by atoms with Gasteiger partial charge in [0.25, 0.3) is 5.91 Å². The number of fused-ring (bicyclic) bond motifs is 1. The number of nitrogens with one attached hydrogen (secondary N) is 1. The van der Waals surface area contributed by atoms with E-state index in [4.69, 9.17) is 18.6 Å². The molecule has 1 aliphatic rings. The molecule has 2 amide bonds. The zero-order chi connectivity index (χ0) is 21.8. The molecule has 2 heterocycles. The number of hydrogen-bond acceptors (Lipinski definition) is 7. The van der Waals surface area contributed by atoms with Crippen LogP contribution in [0.4, 0.5) is 0 Å². The van der Waals surface area contributed by atoms with Gasteiger partial charge in [-0.05, 0) is 30.2 Å². The molecule has 1 aliphatic heterocycles. The lowest BCUT2D eigenvalue weighted by Crippen LogP contribution is -2.53. The first-order chi connectivity index (χ1) is 14.4. The monoisotopic (exact) mass is 416 g/mol. The van der Waals surface area contributed by atoms with Crippen molar-refractivity contribution in [2.75, 3.05) is 27.9 Å². The summed E-state index contributed by atoms with van der Waals surface area (Å²) in [5.41, 5.74) is 1.36. The summed E-state index contributed by atoms with van der Waals surface area (Å²) >= 11 is 0. The summed E-state index contributed by atoms with van der Waals surface area (Å²) in [7, 11) is 4.59. The van der Waals surface area contributed by atoms with Crippen LogP contribution < -0.4 is 25.0 Å².